The summed E-state index contributed by atoms with van der Waals surface area (Å²) in [7, 11) is -4.67. The highest BCUT2D eigenvalue weighted by molar-refractivity contribution is 7.79. The van der Waals surface area contributed by atoms with E-state index in [-0.39, 0.29) is 0 Å². The van der Waals surface area contributed by atoms with Crippen molar-refractivity contribution in [2.45, 2.75) is 57.0 Å². The third-order valence-electron chi connectivity index (χ3n) is 5.96. The molecule has 0 aromatic carbocycles. The molecule has 0 amide bonds. The van der Waals surface area contributed by atoms with Gasteiger partial charge in [0.1, 0.15) is 0 Å². The van der Waals surface area contributed by atoms with Crippen molar-refractivity contribution >= 4 is 10.4 Å². The van der Waals surface area contributed by atoms with Crippen LogP contribution in [0.1, 0.15) is 44.9 Å². The molecule has 4 fully saturated rings. The molecule has 0 aliphatic carbocycles. The zero-order chi connectivity index (χ0) is 15.7. The van der Waals surface area contributed by atoms with E-state index in [1.54, 1.807) is 6.42 Å². The Balaban J connectivity index is 0.000000254. The molecule has 22 heavy (non-hydrogen) atoms. The van der Waals surface area contributed by atoms with Crippen LogP contribution in [0.25, 0.3) is 0 Å². The van der Waals surface area contributed by atoms with Crippen LogP contribution in [-0.4, -0.2) is 65.6 Å². The Morgan fingerprint density at radius 2 is 1.18 bits per heavy atom. The lowest BCUT2D eigenvalue weighted by Crippen LogP contribution is -2.63. The third kappa shape index (κ3) is 4.00. The van der Waals surface area contributed by atoms with Crippen molar-refractivity contribution in [3.05, 3.63) is 0 Å². The van der Waals surface area contributed by atoms with Crippen molar-refractivity contribution in [1.82, 2.24) is 9.80 Å². The van der Waals surface area contributed by atoms with Crippen LogP contribution in [0.3, 0.4) is 0 Å². The number of hydrogen-bond donors (Lipinski definition) is 2. The summed E-state index contributed by atoms with van der Waals surface area (Å²) in [5, 5.41) is 0. The van der Waals surface area contributed by atoms with Gasteiger partial charge in [0.15, 0.2) is 0 Å². The predicted molar refractivity (Wildman–Crippen MR) is 84.2 cm³/mol. The summed E-state index contributed by atoms with van der Waals surface area (Å²) >= 11 is 0. The first kappa shape index (κ1) is 16.6. The lowest BCUT2D eigenvalue weighted by molar-refractivity contribution is -0.0718. The molecule has 4 aliphatic heterocycles. The fourth-order valence-corrected chi connectivity index (χ4v) is 5.25. The van der Waals surface area contributed by atoms with Gasteiger partial charge in [-0.15, -0.1) is 0 Å². The van der Waals surface area contributed by atoms with E-state index < -0.39 is 10.4 Å². The lowest BCUT2D eigenvalue weighted by atomic mass is 9.71. The Kier molecular flexibility index (Phi) is 5.09. The van der Waals surface area contributed by atoms with Crippen molar-refractivity contribution in [3.8, 4) is 0 Å². The number of hydrogen-bond acceptors (Lipinski definition) is 4. The molecular weight excluding hydrogens is 304 g/mol. The van der Waals surface area contributed by atoms with Gasteiger partial charge in [-0.1, -0.05) is 12.8 Å². The van der Waals surface area contributed by atoms with E-state index in [0.29, 0.717) is 0 Å². The molecule has 0 saturated carbocycles. The van der Waals surface area contributed by atoms with Gasteiger partial charge < -0.3 is 0 Å². The molecule has 4 heterocycles. The maximum absolute atomic E-state index is 8.74. The van der Waals surface area contributed by atoms with Gasteiger partial charge in [-0.05, 0) is 57.0 Å². The zero-order valence-electron chi connectivity index (χ0n) is 13.1. The summed E-state index contributed by atoms with van der Waals surface area (Å²) in [5.74, 6) is 2.03. The number of fused-ring (bicyclic) bond motifs is 6. The second kappa shape index (κ2) is 6.73. The maximum atomic E-state index is 8.74. The highest BCUT2D eigenvalue weighted by atomic mass is 32.3. The smallest absolute Gasteiger partial charge is 0.300 e. The van der Waals surface area contributed by atoms with Crippen LogP contribution >= 0.6 is 0 Å². The fraction of sp³-hybridized carbons (Fsp3) is 1.00. The number of piperidine rings is 4. The van der Waals surface area contributed by atoms with Gasteiger partial charge in [-0.3, -0.25) is 18.9 Å². The van der Waals surface area contributed by atoms with Crippen LogP contribution in [0.5, 0.6) is 0 Å². The minimum absolute atomic E-state index is 0.961. The van der Waals surface area contributed by atoms with Crippen molar-refractivity contribution in [2.24, 2.45) is 11.8 Å². The average Bonchev–Trinajstić information content (AvgIpc) is 2.46. The summed E-state index contributed by atoms with van der Waals surface area (Å²) < 4.78 is 31.6. The summed E-state index contributed by atoms with van der Waals surface area (Å²) in [4.78, 5) is 5.74. The van der Waals surface area contributed by atoms with E-state index in [2.05, 4.69) is 9.80 Å². The van der Waals surface area contributed by atoms with Gasteiger partial charge in [0, 0.05) is 25.2 Å². The molecule has 4 atom stereocenters. The Hall–Kier alpha value is -0.210. The van der Waals surface area contributed by atoms with Gasteiger partial charge in [-0.2, -0.15) is 8.42 Å². The van der Waals surface area contributed by atoms with E-state index in [1.165, 1.54) is 64.7 Å². The quantitative estimate of drug-likeness (QED) is 0.657. The largest absolute Gasteiger partial charge is 0.394 e. The van der Waals surface area contributed by atoms with E-state index in [4.69, 9.17) is 17.5 Å². The first-order chi connectivity index (χ1) is 10.4. The minimum atomic E-state index is -4.67. The monoisotopic (exact) mass is 332 g/mol. The molecule has 0 aromatic heterocycles. The minimum Gasteiger partial charge on any atom is -0.300 e. The van der Waals surface area contributed by atoms with Crippen LogP contribution in [-0.2, 0) is 10.4 Å². The molecular formula is C15H28N2O4S. The summed E-state index contributed by atoms with van der Waals surface area (Å²) in [5.41, 5.74) is 0. The first-order valence-corrected chi connectivity index (χ1v) is 9.99. The SMILES string of the molecule is C1CCN2C[C@H]3C[C@H](CN4CCCCC34)C2C1.O=S(=O)(O)O. The lowest BCUT2D eigenvalue weighted by Gasteiger charge is -2.57. The Morgan fingerprint density at radius 3 is 1.59 bits per heavy atom. The molecule has 2 unspecified atom stereocenters. The second-order valence-corrected chi connectivity index (χ2v) is 8.22. The average molecular weight is 332 g/mol. The van der Waals surface area contributed by atoms with Crippen LogP contribution in [0.15, 0.2) is 0 Å². The van der Waals surface area contributed by atoms with Crippen molar-refractivity contribution < 1.29 is 17.5 Å². The van der Waals surface area contributed by atoms with Gasteiger partial charge in [0.2, 0.25) is 0 Å². The standard InChI is InChI=1S/C15H26N2.H2O4S/c1-3-7-16-11-13-9-12(14(16)5-1)10-17-8-4-2-6-15(13)17;1-5(2,3)4/h12-15H,1-11H2;(H2,1,2,3,4)/t12-,13-,14?,15?;/m1./s1. The Bertz CT molecular complexity index is 448. The molecule has 4 saturated heterocycles. The van der Waals surface area contributed by atoms with E-state index in [0.717, 1.165) is 23.9 Å². The van der Waals surface area contributed by atoms with Gasteiger partial charge in [0.05, 0.1) is 0 Å². The highest BCUT2D eigenvalue weighted by Crippen LogP contribution is 2.42. The number of rotatable bonds is 0. The second-order valence-electron chi connectivity index (χ2n) is 7.32. The van der Waals surface area contributed by atoms with Crippen molar-refractivity contribution in [1.29, 1.82) is 0 Å². The van der Waals surface area contributed by atoms with Crippen LogP contribution in [0.2, 0.25) is 0 Å². The Labute approximate surface area is 133 Å². The predicted octanol–water partition coefficient (Wildman–Crippen LogP) is 1.69. The normalized spacial score (nSPS) is 39.2. The first-order valence-electron chi connectivity index (χ1n) is 8.60. The topological polar surface area (TPSA) is 81.1 Å². The summed E-state index contributed by atoms with van der Waals surface area (Å²) in [6, 6.07) is 1.92. The van der Waals surface area contributed by atoms with Gasteiger partial charge >= 0.3 is 10.4 Å². The van der Waals surface area contributed by atoms with Crippen LogP contribution in [0.4, 0.5) is 0 Å². The molecule has 4 rings (SSSR count). The van der Waals surface area contributed by atoms with Crippen molar-refractivity contribution in [3.63, 3.8) is 0 Å². The summed E-state index contributed by atoms with van der Waals surface area (Å²) in [6.07, 6.45) is 10.5. The highest BCUT2D eigenvalue weighted by Gasteiger charge is 2.46. The maximum Gasteiger partial charge on any atom is 0.394 e. The van der Waals surface area contributed by atoms with Crippen molar-refractivity contribution in [2.75, 3.05) is 26.2 Å². The summed E-state index contributed by atoms with van der Waals surface area (Å²) in [6.45, 7) is 5.68. The molecule has 2 bridgehead atoms. The number of nitrogens with zero attached hydrogens (tertiary/aromatic N) is 2. The van der Waals surface area contributed by atoms with E-state index in [1.807, 2.05) is 0 Å². The molecule has 0 aromatic rings. The molecule has 0 spiro atoms. The molecule has 128 valence electrons. The van der Waals surface area contributed by atoms with Gasteiger partial charge in [-0.25, -0.2) is 0 Å². The van der Waals surface area contributed by atoms with Gasteiger partial charge in [0.25, 0.3) is 0 Å². The fourth-order valence-electron chi connectivity index (χ4n) is 5.25. The molecule has 6 nitrogen and oxygen atoms in total. The third-order valence-corrected chi connectivity index (χ3v) is 5.96. The molecule has 4 aliphatic rings. The Morgan fingerprint density at radius 1 is 0.773 bits per heavy atom. The van der Waals surface area contributed by atoms with E-state index >= 15 is 0 Å². The molecule has 7 heteroatoms. The molecule has 2 N–H and O–H groups in total. The van der Waals surface area contributed by atoms with Crippen LogP contribution in [0, 0.1) is 11.8 Å². The van der Waals surface area contributed by atoms with Crippen LogP contribution < -0.4 is 0 Å². The molecule has 0 radical (unpaired) electrons. The zero-order valence-corrected chi connectivity index (χ0v) is 13.9. The van der Waals surface area contributed by atoms with E-state index in [9.17, 15) is 0 Å².